The van der Waals surface area contributed by atoms with Crippen LogP contribution in [0.1, 0.15) is 26.3 Å². The Kier molecular flexibility index (Phi) is 5.82. The molecule has 2 N–H and O–H groups in total. The molecule has 0 fully saturated rings. The number of carbonyl (C=O) groups excluding carboxylic acids is 2. The molecule has 0 aliphatic heterocycles. The summed E-state index contributed by atoms with van der Waals surface area (Å²) in [7, 11) is 0. The van der Waals surface area contributed by atoms with E-state index in [1.165, 1.54) is 0 Å². The maximum atomic E-state index is 12.9. The molecule has 0 saturated heterocycles. The molecule has 0 spiro atoms. The molecule has 5 rings (SSSR count). The second-order valence-corrected chi connectivity index (χ2v) is 7.80. The summed E-state index contributed by atoms with van der Waals surface area (Å²) in [6.07, 6.45) is 1.67. The third-order valence-electron chi connectivity index (χ3n) is 5.63. The molecule has 5 aromatic rings. The highest BCUT2D eigenvalue weighted by molar-refractivity contribution is 6.14. The van der Waals surface area contributed by atoms with E-state index >= 15 is 0 Å². The molecule has 5 heteroatoms. The number of hydrogen-bond donors (Lipinski definition) is 2. The van der Waals surface area contributed by atoms with Crippen LogP contribution >= 0.6 is 0 Å². The van der Waals surface area contributed by atoms with E-state index in [9.17, 15) is 9.59 Å². The number of para-hydroxylation sites is 1. The van der Waals surface area contributed by atoms with Crippen molar-refractivity contribution >= 4 is 45.3 Å². The molecule has 0 aliphatic carbocycles. The van der Waals surface area contributed by atoms with E-state index in [1.54, 1.807) is 54.7 Å². The molecular formula is C29H21N3O2. The number of carbonyl (C=O) groups is 2. The summed E-state index contributed by atoms with van der Waals surface area (Å²) in [6.45, 7) is 0. The molecule has 0 atom stereocenters. The summed E-state index contributed by atoms with van der Waals surface area (Å²) in [6, 6.07) is 34.0. The zero-order valence-corrected chi connectivity index (χ0v) is 18.2. The first kappa shape index (κ1) is 21.1. The fraction of sp³-hybridized carbons (Fsp3) is 0. The largest absolute Gasteiger partial charge is 0.321 e. The van der Waals surface area contributed by atoms with Crippen molar-refractivity contribution in [1.82, 2.24) is 5.43 Å². The molecule has 0 unspecified atom stereocenters. The van der Waals surface area contributed by atoms with Crippen LogP contribution in [0.5, 0.6) is 0 Å². The van der Waals surface area contributed by atoms with E-state index in [2.05, 4.69) is 34.0 Å². The second-order valence-electron chi connectivity index (χ2n) is 7.80. The van der Waals surface area contributed by atoms with Gasteiger partial charge in [-0.2, -0.15) is 5.10 Å². The smallest absolute Gasteiger partial charge is 0.273 e. The highest BCUT2D eigenvalue weighted by Crippen LogP contribution is 2.27. The molecular weight excluding hydrogens is 422 g/mol. The molecule has 0 heterocycles. The molecule has 5 aromatic carbocycles. The van der Waals surface area contributed by atoms with E-state index in [4.69, 9.17) is 0 Å². The Labute approximate surface area is 196 Å². The Balaban J connectivity index is 1.41. The van der Waals surface area contributed by atoms with Crippen LogP contribution in [0.3, 0.4) is 0 Å². The zero-order valence-electron chi connectivity index (χ0n) is 18.2. The van der Waals surface area contributed by atoms with Crippen molar-refractivity contribution in [3.05, 3.63) is 126 Å². The van der Waals surface area contributed by atoms with Crippen LogP contribution in [0.2, 0.25) is 0 Å². The van der Waals surface area contributed by atoms with Crippen molar-refractivity contribution in [1.29, 1.82) is 0 Å². The number of benzene rings is 5. The SMILES string of the molecule is O=C(Nc1ccccc1C(=O)N/N=C\c1c2ccccc2cc2ccccc12)c1ccccc1. The maximum absolute atomic E-state index is 12.9. The van der Waals surface area contributed by atoms with Crippen LogP contribution in [-0.2, 0) is 0 Å². The average Bonchev–Trinajstić information content (AvgIpc) is 2.89. The Morgan fingerprint density at radius 3 is 1.94 bits per heavy atom. The molecule has 0 saturated carbocycles. The number of anilines is 1. The van der Waals surface area contributed by atoms with Gasteiger partial charge in [0.1, 0.15) is 0 Å². The fourth-order valence-corrected chi connectivity index (χ4v) is 3.98. The van der Waals surface area contributed by atoms with Gasteiger partial charge >= 0.3 is 0 Å². The van der Waals surface area contributed by atoms with Gasteiger partial charge in [-0.15, -0.1) is 0 Å². The topological polar surface area (TPSA) is 70.6 Å². The van der Waals surface area contributed by atoms with Crippen LogP contribution in [0.25, 0.3) is 21.5 Å². The molecule has 2 amide bonds. The summed E-state index contributed by atoms with van der Waals surface area (Å²) >= 11 is 0. The van der Waals surface area contributed by atoms with Gasteiger partial charge in [-0.25, -0.2) is 5.43 Å². The Morgan fingerprint density at radius 1 is 0.647 bits per heavy atom. The summed E-state index contributed by atoms with van der Waals surface area (Å²) in [5.74, 6) is -0.698. The second kappa shape index (κ2) is 9.38. The summed E-state index contributed by atoms with van der Waals surface area (Å²) in [5, 5.41) is 11.4. The van der Waals surface area contributed by atoms with Crippen LogP contribution < -0.4 is 10.7 Å². The fourth-order valence-electron chi connectivity index (χ4n) is 3.98. The number of hydrazone groups is 1. The van der Waals surface area contributed by atoms with Crippen LogP contribution in [0.4, 0.5) is 5.69 Å². The number of nitrogens with one attached hydrogen (secondary N) is 2. The van der Waals surface area contributed by atoms with Crippen molar-refractivity contribution in [2.75, 3.05) is 5.32 Å². The Morgan fingerprint density at radius 2 is 1.24 bits per heavy atom. The summed E-state index contributed by atoms with van der Waals surface area (Å²) in [5.41, 5.74) is 4.79. The van der Waals surface area contributed by atoms with E-state index in [0.29, 0.717) is 16.8 Å². The summed E-state index contributed by atoms with van der Waals surface area (Å²) < 4.78 is 0. The van der Waals surface area contributed by atoms with Gasteiger partial charge in [0.05, 0.1) is 17.5 Å². The minimum absolute atomic E-state index is 0.286. The van der Waals surface area contributed by atoms with Gasteiger partial charge in [0.15, 0.2) is 0 Å². The predicted molar refractivity (Wildman–Crippen MR) is 137 cm³/mol. The average molecular weight is 444 g/mol. The van der Waals surface area contributed by atoms with Gasteiger partial charge in [-0.3, -0.25) is 9.59 Å². The highest BCUT2D eigenvalue weighted by atomic mass is 16.2. The molecule has 0 aromatic heterocycles. The number of amides is 2. The summed E-state index contributed by atoms with van der Waals surface area (Å²) in [4.78, 5) is 25.5. The molecule has 0 aliphatic rings. The lowest BCUT2D eigenvalue weighted by Crippen LogP contribution is -2.21. The Hall–Kier alpha value is -4.77. The number of rotatable bonds is 5. The first-order chi connectivity index (χ1) is 16.7. The zero-order chi connectivity index (χ0) is 23.3. The molecule has 0 radical (unpaired) electrons. The quantitative estimate of drug-likeness (QED) is 0.198. The van der Waals surface area contributed by atoms with Crippen LogP contribution in [-0.4, -0.2) is 18.0 Å². The normalized spacial score (nSPS) is 11.1. The van der Waals surface area contributed by atoms with Crippen molar-refractivity contribution in [3.63, 3.8) is 0 Å². The van der Waals surface area contributed by atoms with Crippen LogP contribution in [0.15, 0.2) is 114 Å². The standard InChI is InChI=1S/C29H21N3O2/c33-28(20-10-2-1-3-11-20)31-27-17-9-8-16-25(27)29(34)32-30-19-26-23-14-6-4-12-21(23)18-22-13-5-7-15-24(22)26/h1-19H,(H,31,33)(H,32,34)/b30-19-. The van der Waals surface area contributed by atoms with Gasteiger partial charge in [0, 0.05) is 11.1 Å². The highest BCUT2D eigenvalue weighted by Gasteiger charge is 2.14. The minimum Gasteiger partial charge on any atom is -0.321 e. The van der Waals surface area contributed by atoms with Crippen LogP contribution in [0, 0.1) is 0 Å². The number of fused-ring (bicyclic) bond motifs is 2. The predicted octanol–water partition coefficient (Wildman–Crippen LogP) is 6.01. The third kappa shape index (κ3) is 4.27. The lowest BCUT2D eigenvalue weighted by Gasteiger charge is -2.10. The first-order valence-electron chi connectivity index (χ1n) is 10.9. The molecule has 5 nitrogen and oxygen atoms in total. The van der Waals surface area contributed by atoms with Crippen molar-refractivity contribution < 1.29 is 9.59 Å². The van der Waals surface area contributed by atoms with Crippen molar-refractivity contribution in [3.8, 4) is 0 Å². The monoisotopic (exact) mass is 443 g/mol. The lowest BCUT2D eigenvalue weighted by molar-refractivity contribution is 0.0956. The molecule has 164 valence electrons. The molecule has 34 heavy (non-hydrogen) atoms. The lowest BCUT2D eigenvalue weighted by atomic mass is 9.97. The van der Waals surface area contributed by atoms with Gasteiger partial charge in [0.25, 0.3) is 11.8 Å². The number of nitrogens with zero attached hydrogens (tertiary/aromatic N) is 1. The van der Waals surface area contributed by atoms with Gasteiger partial charge in [-0.1, -0.05) is 78.9 Å². The third-order valence-corrected chi connectivity index (χ3v) is 5.63. The number of hydrogen-bond acceptors (Lipinski definition) is 3. The maximum Gasteiger partial charge on any atom is 0.273 e. The van der Waals surface area contributed by atoms with Gasteiger partial charge in [0.2, 0.25) is 0 Å². The van der Waals surface area contributed by atoms with E-state index in [0.717, 1.165) is 27.1 Å². The van der Waals surface area contributed by atoms with E-state index in [-0.39, 0.29) is 5.91 Å². The van der Waals surface area contributed by atoms with E-state index < -0.39 is 5.91 Å². The molecule has 0 bridgehead atoms. The van der Waals surface area contributed by atoms with Crippen molar-refractivity contribution in [2.24, 2.45) is 5.10 Å². The first-order valence-corrected chi connectivity index (χ1v) is 10.9. The Bertz CT molecular complexity index is 1490. The van der Waals surface area contributed by atoms with Crippen molar-refractivity contribution in [2.45, 2.75) is 0 Å². The van der Waals surface area contributed by atoms with Gasteiger partial charge < -0.3 is 5.32 Å². The minimum atomic E-state index is -0.412. The van der Waals surface area contributed by atoms with E-state index in [1.807, 2.05) is 42.5 Å². The van der Waals surface area contributed by atoms with Gasteiger partial charge in [-0.05, 0) is 51.9 Å².